The van der Waals surface area contributed by atoms with Crippen LogP contribution in [0, 0.1) is 30.6 Å². The Balaban J connectivity index is 1.70. The highest BCUT2D eigenvalue weighted by Gasteiger charge is 2.50. The Morgan fingerprint density at radius 3 is 2.21 bits per heavy atom. The molecule has 0 aromatic heterocycles. The van der Waals surface area contributed by atoms with Gasteiger partial charge in [0.05, 0.1) is 41.2 Å². The van der Waals surface area contributed by atoms with Crippen molar-refractivity contribution in [1.29, 1.82) is 0 Å². The summed E-state index contributed by atoms with van der Waals surface area (Å²) in [6.07, 6.45) is 3.73. The molecule has 6 rings (SSSR count). The molecule has 0 saturated carbocycles. The van der Waals surface area contributed by atoms with Crippen LogP contribution in [0.4, 0.5) is 5.69 Å². The second-order valence-electron chi connectivity index (χ2n) is 16.3. The standard InChI is InChI=1S/C43H59N3O12/c1-21-12-11-13-22(2)42(54)44-33-28(20-46-17-15-45(9)16-18-46)37(51)30-31(38(33)52)36(50)26(6)40-32(30)41(53)43(8,58-40)56-19-14-29(55-10)23(3)39(57-27(7)47)25(5)35(49)24(4)34(21)48/h11-14,19,21,23-25,29,34-35,39,48-52H,15-18,20H2,1-10H3,(H,44,54)/b12-11+,19-14+,22-13-/t21-,23+,24+,25+,29-,34-,35+,39+,43-/m0/s1. The number of rotatable bonds is 4. The summed E-state index contributed by atoms with van der Waals surface area (Å²) in [6.45, 7) is 15.4. The van der Waals surface area contributed by atoms with Crippen LogP contribution in [0.2, 0.25) is 0 Å². The SMILES string of the molecule is CO[C@H]1/C=C/O[C@@]2(C)Oc3c(C)c(O)c4c(O)c(c(CN5CCN(C)CC5)c(O)c4c3C2=O)NC(=O)/C(C)=C\C=C\[C@H](C)[C@H](O)[C@@H](C)[C@@H](O)[C@@H](C)[C@H](OC(C)=O)[C@@H]1C. The lowest BCUT2D eigenvalue weighted by atomic mass is 9.78. The summed E-state index contributed by atoms with van der Waals surface area (Å²) in [5.41, 5.74) is 0.176. The van der Waals surface area contributed by atoms with Crippen molar-refractivity contribution < 1.29 is 58.9 Å². The number of phenolic OH excluding ortho intramolecular Hbond substituents is 3. The van der Waals surface area contributed by atoms with E-state index in [4.69, 9.17) is 18.9 Å². The van der Waals surface area contributed by atoms with Gasteiger partial charge in [0.2, 0.25) is 0 Å². The van der Waals surface area contributed by atoms with Gasteiger partial charge in [0.1, 0.15) is 23.4 Å². The zero-order chi connectivity index (χ0) is 43.0. The minimum Gasteiger partial charge on any atom is -0.507 e. The second kappa shape index (κ2) is 17.7. The van der Waals surface area contributed by atoms with Gasteiger partial charge in [-0.05, 0) is 27.0 Å². The smallest absolute Gasteiger partial charge is 0.312 e. The molecule has 4 heterocycles. The lowest BCUT2D eigenvalue weighted by Gasteiger charge is -2.38. The van der Waals surface area contributed by atoms with Gasteiger partial charge >= 0.3 is 11.8 Å². The summed E-state index contributed by atoms with van der Waals surface area (Å²) in [7, 11) is 3.44. The molecule has 318 valence electrons. The topological polar surface area (TPSA) is 208 Å². The van der Waals surface area contributed by atoms with Crippen LogP contribution in [0.5, 0.6) is 23.0 Å². The minimum atomic E-state index is -2.01. The van der Waals surface area contributed by atoms with Gasteiger partial charge in [-0.1, -0.05) is 45.9 Å². The number of ketones is 1. The van der Waals surface area contributed by atoms with Crippen LogP contribution in [-0.4, -0.2) is 124 Å². The van der Waals surface area contributed by atoms with Crippen molar-refractivity contribution >= 4 is 34.1 Å². The number of likely N-dealkylation sites (N-methyl/N-ethyl adjacent to an activating group) is 1. The van der Waals surface area contributed by atoms with Gasteiger partial charge < -0.3 is 54.7 Å². The molecular formula is C43H59N3O12. The molecule has 2 aromatic carbocycles. The molecule has 1 fully saturated rings. The zero-order valence-corrected chi connectivity index (χ0v) is 35.0. The van der Waals surface area contributed by atoms with Crippen molar-refractivity contribution in [2.75, 3.05) is 45.7 Å². The van der Waals surface area contributed by atoms with Crippen LogP contribution in [0.25, 0.3) is 10.8 Å². The predicted molar refractivity (Wildman–Crippen MR) is 217 cm³/mol. The highest BCUT2D eigenvalue weighted by molar-refractivity contribution is 6.22. The number of nitrogens with one attached hydrogen (secondary N) is 1. The maximum Gasteiger partial charge on any atom is 0.312 e. The van der Waals surface area contributed by atoms with E-state index < -0.39 is 88.8 Å². The van der Waals surface area contributed by atoms with Gasteiger partial charge in [0.25, 0.3) is 11.7 Å². The van der Waals surface area contributed by atoms with Crippen molar-refractivity contribution in [3.63, 3.8) is 0 Å². The first-order chi connectivity index (χ1) is 27.2. The lowest BCUT2D eigenvalue weighted by molar-refractivity contribution is -0.160. The molecule has 9 atom stereocenters. The molecule has 0 aliphatic carbocycles. The maximum atomic E-state index is 14.4. The van der Waals surface area contributed by atoms with E-state index in [1.165, 1.54) is 46.3 Å². The van der Waals surface area contributed by atoms with E-state index in [-0.39, 0.29) is 51.0 Å². The Morgan fingerprint density at radius 2 is 1.59 bits per heavy atom. The number of hydrogen-bond acceptors (Lipinski definition) is 14. The number of esters is 1. The molecule has 2 aromatic rings. The molecule has 0 radical (unpaired) electrons. The molecule has 1 saturated heterocycles. The molecule has 5 bridgehead atoms. The molecule has 58 heavy (non-hydrogen) atoms. The van der Waals surface area contributed by atoms with Crippen molar-refractivity contribution in [2.24, 2.45) is 23.7 Å². The maximum absolute atomic E-state index is 14.4. The van der Waals surface area contributed by atoms with Gasteiger partial charge in [0.15, 0.2) is 5.75 Å². The van der Waals surface area contributed by atoms with Gasteiger partial charge in [-0.15, -0.1) is 0 Å². The summed E-state index contributed by atoms with van der Waals surface area (Å²) in [4.78, 5) is 44.7. The van der Waals surface area contributed by atoms with Crippen LogP contribution in [0.15, 0.2) is 36.1 Å². The molecule has 4 aliphatic heterocycles. The van der Waals surface area contributed by atoms with Gasteiger partial charge in [-0.25, -0.2) is 0 Å². The molecule has 4 aliphatic rings. The number of methoxy groups -OCH3 is 1. The Bertz CT molecular complexity index is 2000. The van der Waals surface area contributed by atoms with E-state index in [1.807, 2.05) is 11.9 Å². The Hall–Kier alpha value is -4.67. The molecule has 1 amide bonds. The number of piperazine rings is 1. The van der Waals surface area contributed by atoms with Gasteiger partial charge in [0, 0.05) is 99.4 Å². The number of benzene rings is 2. The highest BCUT2D eigenvalue weighted by Crippen LogP contribution is 2.55. The number of anilines is 1. The third-order valence-electron chi connectivity index (χ3n) is 12.1. The van der Waals surface area contributed by atoms with Crippen LogP contribution >= 0.6 is 0 Å². The third-order valence-corrected chi connectivity index (χ3v) is 12.1. The highest BCUT2D eigenvalue weighted by atomic mass is 16.7. The largest absolute Gasteiger partial charge is 0.507 e. The average molecular weight is 810 g/mol. The summed E-state index contributed by atoms with van der Waals surface area (Å²) >= 11 is 0. The number of nitrogens with zero attached hydrogens (tertiary/aromatic N) is 2. The van der Waals surface area contributed by atoms with E-state index in [0.29, 0.717) is 13.1 Å². The first-order valence-corrected chi connectivity index (χ1v) is 19.7. The predicted octanol–water partition coefficient (Wildman–Crippen LogP) is 4.50. The van der Waals surface area contributed by atoms with Crippen LogP contribution < -0.4 is 10.1 Å². The number of fused-ring (bicyclic) bond motifs is 14. The Morgan fingerprint density at radius 1 is 0.931 bits per heavy atom. The second-order valence-corrected chi connectivity index (χ2v) is 16.3. The number of allylic oxidation sites excluding steroid dienone is 2. The van der Waals surface area contributed by atoms with Crippen molar-refractivity contribution in [3.05, 3.63) is 52.8 Å². The molecule has 0 unspecified atom stereocenters. The summed E-state index contributed by atoms with van der Waals surface area (Å²) in [5, 5.41) is 60.9. The summed E-state index contributed by atoms with van der Waals surface area (Å²) in [5.74, 6) is -7.86. The van der Waals surface area contributed by atoms with E-state index in [2.05, 4.69) is 10.2 Å². The molecular weight excluding hydrogens is 750 g/mol. The van der Waals surface area contributed by atoms with Gasteiger partial charge in [-0.2, -0.15) is 0 Å². The van der Waals surface area contributed by atoms with Gasteiger partial charge in [-0.3, -0.25) is 19.3 Å². The number of ether oxygens (including phenoxy) is 4. The number of amides is 1. The van der Waals surface area contributed by atoms with Crippen LogP contribution in [0.1, 0.15) is 70.0 Å². The quantitative estimate of drug-likeness (QED) is 0.143. The number of carbonyl (C=O) groups is 3. The zero-order valence-electron chi connectivity index (χ0n) is 35.0. The minimum absolute atomic E-state index is 0.0565. The van der Waals surface area contributed by atoms with Crippen LogP contribution in [-0.2, 0) is 30.3 Å². The first-order valence-electron chi connectivity index (χ1n) is 19.7. The number of phenols is 3. The van der Waals surface area contributed by atoms with E-state index >= 15 is 0 Å². The van der Waals surface area contributed by atoms with E-state index in [1.54, 1.807) is 46.8 Å². The molecule has 6 N–H and O–H groups in total. The summed E-state index contributed by atoms with van der Waals surface area (Å²) in [6, 6.07) is 0. The number of Topliss-reactive ketones (excluding diaryl/α,β-unsaturated/α-hetero) is 1. The number of aromatic hydroxyl groups is 3. The Kier molecular flexibility index (Phi) is 13.5. The fourth-order valence-corrected chi connectivity index (χ4v) is 8.17. The number of hydrogen-bond donors (Lipinski definition) is 6. The fourth-order valence-electron chi connectivity index (χ4n) is 8.17. The van der Waals surface area contributed by atoms with E-state index in [9.17, 15) is 39.9 Å². The normalized spacial score (nSPS) is 32.6. The number of aliphatic hydroxyl groups is 2. The van der Waals surface area contributed by atoms with Crippen LogP contribution in [0.3, 0.4) is 0 Å². The number of carbonyl (C=O) groups excluding carboxylic acids is 3. The van der Waals surface area contributed by atoms with E-state index in [0.717, 1.165) is 13.1 Å². The van der Waals surface area contributed by atoms with Crippen molar-refractivity contribution in [1.82, 2.24) is 9.80 Å². The summed E-state index contributed by atoms with van der Waals surface area (Å²) < 4.78 is 23.7. The molecule has 0 spiro atoms. The van der Waals surface area contributed by atoms with Crippen molar-refractivity contribution in [2.45, 2.75) is 92.1 Å². The lowest BCUT2D eigenvalue weighted by Crippen LogP contribution is -2.46. The number of aliphatic hydroxyl groups excluding tert-OH is 2. The molecule has 15 heteroatoms. The first kappa shape index (κ1) is 44.4. The molecule has 15 nitrogen and oxygen atoms in total. The van der Waals surface area contributed by atoms with Crippen molar-refractivity contribution in [3.8, 4) is 23.0 Å². The Labute approximate surface area is 339 Å². The average Bonchev–Trinajstić information content (AvgIpc) is 3.45. The monoisotopic (exact) mass is 809 g/mol. The third kappa shape index (κ3) is 8.55. The fraction of sp³-hybridized carbons (Fsp3) is 0.558.